The molecule has 28 heavy (non-hydrogen) atoms. The van der Waals surface area contributed by atoms with Gasteiger partial charge in [-0.3, -0.25) is 9.59 Å². The summed E-state index contributed by atoms with van der Waals surface area (Å²) in [7, 11) is 0. The average molecular weight is 376 g/mol. The molecule has 5 nitrogen and oxygen atoms in total. The summed E-state index contributed by atoms with van der Waals surface area (Å²) < 4.78 is 0. The van der Waals surface area contributed by atoms with Gasteiger partial charge in [-0.25, -0.2) is 0 Å². The van der Waals surface area contributed by atoms with Crippen molar-refractivity contribution in [3.63, 3.8) is 0 Å². The molecule has 0 spiro atoms. The predicted octanol–water partition coefficient (Wildman–Crippen LogP) is 2.29. The zero-order valence-corrected chi connectivity index (χ0v) is 15.8. The summed E-state index contributed by atoms with van der Waals surface area (Å²) in [5, 5.41) is 12.1. The maximum absolute atomic E-state index is 13.6. The van der Waals surface area contributed by atoms with Crippen molar-refractivity contribution in [2.45, 2.75) is 30.4 Å². The number of ketones is 1. The van der Waals surface area contributed by atoms with E-state index in [0.717, 1.165) is 19.6 Å². The van der Waals surface area contributed by atoms with Crippen LogP contribution < -0.4 is 0 Å². The fraction of sp³-hybridized carbons (Fsp3) is 0.391. The van der Waals surface area contributed by atoms with Gasteiger partial charge in [0.15, 0.2) is 11.5 Å². The van der Waals surface area contributed by atoms with Crippen LogP contribution in [0.1, 0.15) is 40.7 Å². The zero-order chi connectivity index (χ0) is 19.4. The van der Waals surface area contributed by atoms with Crippen molar-refractivity contribution in [3.05, 3.63) is 71.3 Å². The third-order valence-corrected chi connectivity index (χ3v) is 6.74. The number of carbonyl (C=O) groups excluding carboxylic acids is 2. The highest BCUT2D eigenvalue weighted by Gasteiger charge is 2.72. The molecule has 2 atom stereocenters. The lowest BCUT2D eigenvalue weighted by atomic mass is 9.71. The molecule has 5 heteroatoms. The Balaban J connectivity index is 1.64. The molecule has 0 aromatic heterocycles. The first-order valence-electron chi connectivity index (χ1n) is 10.0. The number of hydrogen-bond donors (Lipinski definition) is 1. The van der Waals surface area contributed by atoms with Crippen molar-refractivity contribution in [3.8, 4) is 0 Å². The second-order valence-corrected chi connectivity index (χ2v) is 8.09. The lowest BCUT2D eigenvalue weighted by Gasteiger charge is -2.40. The minimum atomic E-state index is -1.64. The second-order valence-electron chi connectivity index (χ2n) is 8.09. The van der Waals surface area contributed by atoms with Crippen molar-refractivity contribution in [2.24, 2.45) is 0 Å². The van der Waals surface area contributed by atoms with Crippen LogP contribution in [0, 0.1) is 0 Å². The van der Waals surface area contributed by atoms with Gasteiger partial charge in [0.1, 0.15) is 5.41 Å². The number of Topliss-reactive ketones (excluding diaryl/α,β-unsaturated/α-hetero) is 1. The highest BCUT2D eigenvalue weighted by atomic mass is 16.3. The fourth-order valence-corrected chi connectivity index (χ4v) is 5.38. The Bertz CT molecular complexity index is 938. The number of likely N-dealkylation sites (tertiary alicyclic amines) is 2. The number of amides is 1. The smallest absolute Gasteiger partial charge is 0.226 e. The lowest BCUT2D eigenvalue weighted by molar-refractivity contribution is -0.152. The molecule has 2 aromatic carbocycles. The molecule has 1 amide bonds. The zero-order valence-electron chi connectivity index (χ0n) is 15.8. The normalized spacial score (nSPS) is 29.4. The number of fused-ring (bicyclic) bond motifs is 3. The van der Waals surface area contributed by atoms with E-state index in [1.54, 1.807) is 17.0 Å². The van der Waals surface area contributed by atoms with Gasteiger partial charge in [-0.15, -0.1) is 0 Å². The van der Waals surface area contributed by atoms with Gasteiger partial charge in [0.25, 0.3) is 0 Å². The summed E-state index contributed by atoms with van der Waals surface area (Å²) in [4.78, 5) is 30.6. The van der Waals surface area contributed by atoms with Crippen molar-refractivity contribution < 1.29 is 14.7 Å². The molecule has 0 saturated carbocycles. The van der Waals surface area contributed by atoms with E-state index >= 15 is 0 Å². The molecular formula is C23H24N2O3. The van der Waals surface area contributed by atoms with Gasteiger partial charge in [0, 0.05) is 30.6 Å². The van der Waals surface area contributed by atoms with Crippen LogP contribution >= 0.6 is 0 Å². The van der Waals surface area contributed by atoms with Crippen LogP contribution in [-0.2, 0) is 15.9 Å². The molecule has 144 valence electrons. The standard InChI is InChI=1S/C23H24N2O3/c26-20-16-22(17-8-2-1-3-9-17)21(27)18-10-4-5-11-19(18)23(22,28)25(20)15-14-24-12-6-7-13-24/h1-5,8-11,28H,6-7,12-16H2. The van der Waals surface area contributed by atoms with Gasteiger partial charge in [0.05, 0.1) is 0 Å². The Labute approximate surface area is 164 Å². The van der Waals surface area contributed by atoms with Gasteiger partial charge in [-0.1, -0.05) is 54.6 Å². The van der Waals surface area contributed by atoms with Crippen LogP contribution in [0.4, 0.5) is 0 Å². The van der Waals surface area contributed by atoms with Crippen LogP contribution in [0.15, 0.2) is 54.6 Å². The monoisotopic (exact) mass is 376 g/mol. The molecule has 0 bridgehead atoms. The Morgan fingerprint density at radius 2 is 1.57 bits per heavy atom. The average Bonchev–Trinajstić information content (AvgIpc) is 3.36. The number of rotatable bonds is 4. The molecule has 2 aliphatic heterocycles. The van der Waals surface area contributed by atoms with E-state index in [2.05, 4.69) is 4.90 Å². The summed E-state index contributed by atoms with van der Waals surface area (Å²) in [6.45, 7) is 3.19. The minimum absolute atomic E-state index is 0.00102. The molecule has 2 heterocycles. The Kier molecular flexibility index (Phi) is 3.93. The lowest BCUT2D eigenvalue weighted by Crippen LogP contribution is -2.54. The topological polar surface area (TPSA) is 60.9 Å². The molecule has 0 radical (unpaired) electrons. The van der Waals surface area contributed by atoms with Crippen LogP contribution in [0.5, 0.6) is 0 Å². The summed E-state index contributed by atoms with van der Waals surface area (Å²) in [6.07, 6.45) is 2.35. The molecule has 2 aromatic rings. The van der Waals surface area contributed by atoms with E-state index in [4.69, 9.17) is 0 Å². The maximum atomic E-state index is 13.6. The first-order chi connectivity index (χ1) is 13.6. The summed E-state index contributed by atoms with van der Waals surface area (Å²) in [5.41, 5.74) is -1.14. The van der Waals surface area contributed by atoms with E-state index in [9.17, 15) is 14.7 Å². The third kappa shape index (κ3) is 2.14. The number of aliphatic hydroxyl groups is 1. The molecule has 2 saturated heterocycles. The van der Waals surface area contributed by atoms with Crippen molar-refractivity contribution >= 4 is 11.7 Å². The van der Waals surface area contributed by atoms with E-state index in [1.807, 2.05) is 42.5 Å². The molecular weight excluding hydrogens is 352 g/mol. The van der Waals surface area contributed by atoms with Crippen molar-refractivity contribution in [1.82, 2.24) is 9.80 Å². The van der Waals surface area contributed by atoms with Crippen molar-refractivity contribution in [2.75, 3.05) is 26.2 Å². The quantitative estimate of drug-likeness (QED) is 0.890. The molecule has 3 aliphatic rings. The SMILES string of the molecule is O=C1CC2(c3ccccc3)C(=O)c3ccccc3C2(O)N1CCN1CCCC1. The first kappa shape index (κ1) is 17.6. The van der Waals surface area contributed by atoms with Crippen molar-refractivity contribution in [1.29, 1.82) is 0 Å². The highest BCUT2D eigenvalue weighted by Crippen LogP contribution is 2.59. The molecule has 2 unspecified atom stereocenters. The van der Waals surface area contributed by atoms with E-state index in [-0.39, 0.29) is 18.1 Å². The highest BCUT2D eigenvalue weighted by molar-refractivity contribution is 6.14. The molecule has 2 fully saturated rings. The molecule has 1 N–H and O–H groups in total. The van der Waals surface area contributed by atoms with Gasteiger partial charge >= 0.3 is 0 Å². The summed E-state index contributed by atoms with van der Waals surface area (Å²) >= 11 is 0. The number of carbonyl (C=O) groups is 2. The van der Waals surface area contributed by atoms with Crippen LogP contribution in [0.25, 0.3) is 0 Å². The second kappa shape index (κ2) is 6.26. The van der Waals surface area contributed by atoms with Gasteiger partial charge in [-0.2, -0.15) is 0 Å². The van der Waals surface area contributed by atoms with Crippen LogP contribution in [0.2, 0.25) is 0 Å². The molecule has 1 aliphatic carbocycles. The largest absolute Gasteiger partial charge is 0.366 e. The number of hydrogen-bond acceptors (Lipinski definition) is 4. The van der Waals surface area contributed by atoms with Crippen LogP contribution in [-0.4, -0.2) is 52.8 Å². The van der Waals surface area contributed by atoms with Gasteiger partial charge in [-0.05, 0) is 31.5 Å². The minimum Gasteiger partial charge on any atom is -0.366 e. The van der Waals surface area contributed by atoms with Crippen LogP contribution in [0.3, 0.4) is 0 Å². The predicted molar refractivity (Wildman–Crippen MR) is 105 cm³/mol. The summed E-state index contributed by atoms with van der Waals surface area (Å²) in [5.74, 6) is -0.317. The van der Waals surface area contributed by atoms with Gasteiger partial charge in [0.2, 0.25) is 5.91 Å². The fourth-order valence-electron chi connectivity index (χ4n) is 5.38. The first-order valence-corrected chi connectivity index (χ1v) is 10.0. The Morgan fingerprint density at radius 3 is 2.32 bits per heavy atom. The Hall–Kier alpha value is -2.50. The summed E-state index contributed by atoms with van der Waals surface area (Å²) in [6, 6.07) is 16.5. The van der Waals surface area contributed by atoms with Gasteiger partial charge < -0.3 is 14.9 Å². The Morgan fingerprint density at radius 1 is 0.893 bits per heavy atom. The van der Waals surface area contributed by atoms with E-state index < -0.39 is 11.1 Å². The number of benzene rings is 2. The third-order valence-electron chi connectivity index (χ3n) is 6.74. The number of nitrogens with zero attached hydrogens (tertiary/aromatic N) is 2. The van der Waals surface area contributed by atoms with E-state index in [0.29, 0.717) is 23.2 Å². The maximum Gasteiger partial charge on any atom is 0.226 e. The molecule has 5 rings (SSSR count). The van der Waals surface area contributed by atoms with E-state index in [1.165, 1.54) is 12.8 Å².